The molecule has 0 amide bonds. The van der Waals surface area contributed by atoms with Crippen LogP contribution in [0.1, 0.15) is 6.42 Å². The second kappa shape index (κ2) is 3.10. The molecule has 0 heterocycles. The molecule has 0 unspecified atom stereocenters. The quantitative estimate of drug-likeness (QED) is 0.399. The minimum absolute atomic E-state index is 0.892. The molecule has 0 saturated carbocycles. The Kier molecular flexibility index (Phi) is 2.10. The van der Waals surface area contributed by atoms with Crippen molar-refractivity contribution in [2.24, 2.45) is 5.84 Å². The molecule has 0 atom stereocenters. The molecule has 0 radical (unpaired) electrons. The highest BCUT2D eigenvalue weighted by Crippen LogP contribution is 2.00. The van der Waals surface area contributed by atoms with Crippen molar-refractivity contribution in [2.75, 3.05) is 0 Å². The van der Waals surface area contributed by atoms with Crippen LogP contribution < -0.4 is 11.3 Å². The highest BCUT2D eigenvalue weighted by molar-refractivity contribution is 5.21. The van der Waals surface area contributed by atoms with Gasteiger partial charge in [-0.15, -0.1) is 0 Å². The molecule has 2 heteroatoms. The zero-order chi connectivity index (χ0) is 6.53. The molecule has 2 nitrogen and oxygen atoms in total. The molecular weight excluding hydrogens is 112 g/mol. The van der Waals surface area contributed by atoms with Crippen LogP contribution in [0.4, 0.5) is 0 Å². The Morgan fingerprint density at radius 3 is 3.00 bits per heavy atom. The first-order chi connectivity index (χ1) is 4.43. The Morgan fingerprint density at radius 1 is 1.33 bits per heavy atom. The van der Waals surface area contributed by atoms with Crippen LogP contribution in [0.2, 0.25) is 0 Å². The second-order valence-corrected chi connectivity index (χ2v) is 1.85. The van der Waals surface area contributed by atoms with Gasteiger partial charge in [0.15, 0.2) is 0 Å². The smallest absolute Gasteiger partial charge is 0.0297 e. The van der Waals surface area contributed by atoms with E-state index in [9.17, 15) is 0 Å². The number of nitrogens with two attached hydrogens (primary N) is 1. The maximum atomic E-state index is 5.19. The number of hydrazine groups is 1. The van der Waals surface area contributed by atoms with Crippen molar-refractivity contribution in [1.82, 2.24) is 5.43 Å². The van der Waals surface area contributed by atoms with Gasteiger partial charge in [0, 0.05) is 12.1 Å². The summed E-state index contributed by atoms with van der Waals surface area (Å²) >= 11 is 0. The second-order valence-electron chi connectivity index (χ2n) is 1.85. The van der Waals surface area contributed by atoms with Crippen LogP contribution in [0.25, 0.3) is 0 Å². The Hall–Kier alpha value is -1.02. The van der Waals surface area contributed by atoms with Gasteiger partial charge >= 0.3 is 0 Å². The predicted molar refractivity (Wildman–Crippen MR) is 38.3 cm³/mol. The molecule has 0 fully saturated rings. The average molecular weight is 122 g/mol. The van der Waals surface area contributed by atoms with Crippen molar-refractivity contribution in [2.45, 2.75) is 6.42 Å². The van der Waals surface area contributed by atoms with Gasteiger partial charge in [-0.3, -0.25) is 5.84 Å². The van der Waals surface area contributed by atoms with Gasteiger partial charge in [-0.05, 0) is 6.08 Å². The zero-order valence-electron chi connectivity index (χ0n) is 5.17. The number of allylic oxidation sites excluding steroid dienone is 5. The van der Waals surface area contributed by atoms with E-state index in [1.54, 1.807) is 0 Å². The third kappa shape index (κ3) is 1.74. The normalized spacial score (nSPS) is 16.8. The molecule has 0 aromatic rings. The molecule has 0 aliphatic heterocycles. The number of hydrogen-bond acceptors (Lipinski definition) is 2. The van der Waals surface area contributed by atoms with Crippen molar-refractivity contribution in [3.63, 3.8) is 0 Å². The van der Waals surface area contributed by atoms with Gasteiger partial charge in [-0.25, -0.2) is 0 Å². The van der Waals surface area contributed by atoms with E-state index in [2.05, 4.69) is 11.5 Å². The van der Waals surface area contributed by atoms with Crippen LogP contribution in [0.3, 0.4) is 0 Å². The fourth-order valence-corrected chi connectivity index (χ4v) is 0.685. The molecule has 9 heavy (non-hydrogen) atoms. The Balaban J connectivity index is 2.62. The summed E-state index contributed by atoms with van der Waals surface area (Å²) < 4.78 is 0. The number of rotatable bonds is 1. The van der Waals surface area contributed by atoms with E-state index >= 15 is 0 Å². The standard InChI is InChI=1S/C7H10N2/c8-9-7-5-3-1-2-4-6-7/h1-5,9H,6,8H2. The highest BCUT2D eigenvalue weighted by Gasteiger charge is 1.88. The molecular formula is C7H10N2. The SMILES string of the molecule is NNC1=CC=CC=CC1. The van der Waals surface area contributed by atoms with Crippen molar-refractivity contribution in [3.8, 4) is 0 Å². The third-order valence-electron chi connectivity index (χ3n) is 1.18. The Bertz CT molecular complexity index is 166. The molecule has 1 aliphatic rings. The lowest BCUT2D eigenvalue weighted by Gasteiger charge is -1.98. The third-order valence-corrected chi connectivity index (χ3v) is 1.18. The van der Waals surface area contributed by atoms with E-state index in [0.717, 1.165) is 12.1 Å². The fourth-order valence-electron chi connectivity index (χ4n) is 0.685. The van der Waals surface area contributed by atoms with Crippen molar-refractivity contribution in [1.29, 1.82) is 0 Å². The summed E-state index contributed by atoms with van der Waals surface area (Å²) in [5.74, 6) is 5.19. The van der Waals surface area contributed by atoms with Crippen LogP contribution in [0, 0.1) is 0 Å². The summed E-state index contributed by atoms with van der Waals surface area (Å²) in [6.45, 7) is 0. The molecule has 0 bridgehead atoms. The van der Waals surface area contributed by atoms with Crippen LogP contribution in [0.15, 0.2) is 36.1 Å². The van der Waals surface area contributed by atoms with E-state index < -0.39 is 0 Å². The average Bonchev–Trinajstić information content (AvgIpc) is 2.13. The maximum Gasteiger partial charge on any atom is 0.0297 e. The minimum Gasteiger partial charge on any atom is -0.328 e. The molecule has 0 spiro atoms. The van der Waals surface area contributed by atoms with Crippen LogP contribution in [0.5, 0.6) is 0 Å². The fraction of sp³-hybridized carbons (Fsp3) is 0.143. The van der Waals surface area contributed by atoms with E-state index in [1.165, 1.54) is 0 Å². The zero-order valence-corrected chi connectivity index (χ0v) is 5.17. The lowest BCUT2D eigenvalue weighted by atomic mass is 10.3. The molecule has 1 aliphatic carbocycles. The topological polar surface area (TPSA) is 38.0 Å². The van der Waals surface area contributed by atoms with Gasteiger partial charge in [-0.2, -0.15) is 0 Å². The van der Waals surface area contributed by atoms with Crippen molar-refractivity contribution in [3.05, 3.63) is 36.1 Å². The van der Waals surface area contributed by atoms with Gasteiger partial charge < -0.3 is 5.43 Å². The van der Waals surface area contributed by atoms with Crippen LogP contribution in [-0.4, -0.2) is 0 Å². The summed E-state index contributed by atoms with van der Waals surface area (Å²) in [5, 5.41) is 0. The molecule has 0 aromatic heterocycles. The number of hydrogen-bond donors (Lipinski definition) is 2. The van der Waals surface area contributed by atoms with Crippen LogP contribution >= 0.6 is 0 Å². The van der Waals surface area contributed by atoms with E-state index in [0.29, 0.717) is 0 Å². The molecule has 0 aromatic carbocycles. The van der Waals surface area contributed by atoms with E-state index in [-0.39, 0.29) is 0 Å². The Morgan fingerprint density at radius 2 is 2.22 bits per heavy atom. The lowest BCUT2D eigenvalue weighted by Crippen LogP contribution is -2.20. The summed E-state index contributed by atoms with van der Waals surface area (Å²) in [5.41, 5.74) is 3.64. The first-order valence-corrected chi connectivity index (χ1v) is 2.92. The molecule has 3 N–H and O–H groups in total. The van der Waals surface area contributed by atoms with Gasteiger partial charge in [0.05, 0.1) is 0 Å². The van der Waals surface area contributed by atoms with Crippen molar-refractivity contribution < 1.29 is 0 Å². The summed E-state index contributed by atoms with van der Waals surface area (Å²) in [7, 11) is 0. The summed E-state index contributed by atoms with van der Waals surface area (Å²) in [4.78, 5) is 0. The highest BCUT2D eigenvalue weighted by atomic mass is 15.2. The summed E-state index contributed by atoms with van der Waals surface area (Å²) in [6.07, 6.45) is 10.8. The Labute approximate surface area is 54.7 Å². The largest absolute Gasteiger partial charge is 0.328 e. The lowest BCUT2D eigenvalue weighted by molar-refractivity contribution is 0.854. The predicted octanol–water partition coefficient (Wildman–Crippen LogP) is 0.850. The minimum atomic E-state index is 0.892. The monoisotopic (exact) mass is 122 g/mol. The van der Waals surface area contributed by atoms with Gasteiger partial charge in [0.25, 0.3) is 0 Å². The van der Waals surface area contributed by atoms with E-state index in [1.807, 2.05) is 24.3 Å². The first-order valence-electron chi connectivity index (χ1n) is 2.92. The van der Waals surface area contributed by atoms with Crippen molar-refractivity contribution >= 4 is 0 Å². The molecule has 1 rings (SSSR count). The first kappa shape index (κ1) is 6.11. The molecule has 0 saturated heterocycles. The molecule has 48 valence electrons. The summed E-state index contributed by atoms with van der Waals surface area (Å²) in [6, 6.07) is 0. The van der Waals surface area contributed by atoms with Gasteiger partial charge in [0.1, 0.15) is 0 Å². The van der Waals surface area contributed by atoms with Gasteiger partial charge in [0.2, 0.25) is 0 Å². The maximum absolute atomic E-state index is 5.19. The van der Waals surface area contributed by atoms with E-state index in [4.69, 9.17) is 5.84 Å². The van der Waals surface area contributed by atoms with Gasteiger partial charge in [-0.1, -0.05) is 24.3 Å². The number of nitrogens with one attached hydrogen (secondary N) is 1. The van der Waals surface area contributed by atoms with Crippen LogP contribution in [-0.2, 0) is 0 Å².